The van der Waals surface area contributed by atoms with Gasteiger partial charge in [-0.25, -0.2) is 14.1 Å². The van der Waals surface area contributed by atoms with E-state index in [-0.39, 0.29) is 17.1 Å². The van der Waals surface area contributed by atoms with Gasteiger partial charge in [-0.15, -0.1) is 0 Å². The minimum Gasteiger partial charge on any atom is -0.439 e. The minimum atomic E-state index is -1.21. The van der Waals surface area contributed by atoms with Gasteiger partial charge < -0.3 is 4.42 Å². The first-order valence-corrected chi connectivity index (χ1v) is 7.76. The molecule has 0 saturated carbocycles. The molecular weight excluding hydrogens is 335 g/mol. The zero-order chi connectivity index (χ0) is 18.1. The first-order valence-electron chi connectivity index (χ1n) is 7.76. The van der Waals surface area contributed by atoms with E-state index in [9.17, 15) is 14.4 Å². The van der Waals surface area contributed by atoms with Crippen LogP contribution < -0.4 is 0 Å². The monoisotopic (exact) mass is 346 g/mol. The lowest BCUT2D eigenvalue weighted by molar-refractivity contribution is 0.0970. The number of fused-ring (bicyclic) bond motifs is 1. The van der Waals surface area contributed by atoms with Gasteiger partial charge >= 0.3 is 0 Å². The lowest BCUT2D eigenvalue weighted by Gasteiger charge is -2.03. The zero-order valence-electron chi connectivity index (χ0n) is 13.3. The summed E-state index contributed by atoms with van der Waals surface area (Å²) in [6.07, 6.45) is 2.68. The first kappa shape index (κ1) is 15.7. The molecule has 2 aromatic carbocycles. The number of rotatable bonds is 4. The Labute approximate surface area is 147 Å². The number of halogens is 1. The molecule has 4 aromatic rings. The maximum Gasteiger partial charge on any atom is 0.220 e. The molecule has 4 rings (SSSR count). The summed E-state index contributed by atoms with van der Waals surface area (Å²) in [6.45, 7) is 0. The third-order valence-corrected chi connectivity index (χ3v) is 3.92. The van der Waals surface area contributed by atoms with E-state index in [1.54, 1.807) is 42.5 Å². The molecule has 126 valence electrons. The van der Waals surface area contributed by atoms with Gasteiger partial charge in [-0.1, -0.05) is 24.3 Å². The molecule has 0 radical (unpaired) electrons. The van der Waals surface area contributed by atoms with Crippen LogP contribution >= 0.6 is 0 Å². The van der Waals surface area contributed by atoms with E-state index < -0.39 is 17.5 Å². The normalized spacial score (nSPS) is 12.0. The minimum absolute atomic E-state index is 0.0253. The number of hydrogen-bond acceptors (Lipinski definition) is 5. The van der Waals surface area contributed by atoms with Crippen molar-refractivity contribution >= 4 is 16.9 Å². The molecule has 0 aliphatic rings. The Morgan fingerprint density at radius 2 is 1.96 bits per heavy atom. The number of carbonyl (C=O) groups is 1. The fraction of sp³-hybridized carbons (Fsp3) is 0.0526. The molecule has 7 heteroatoms. The van der Waals surface area contributed by atoms with Gasteiger partial charge in [-0.2, -0.15) is 10.4 Å². The molecule has 0 saturated heterocycles. The Bertz CT molecular complexity index is 1120. The first-order chi connectivity index (χ1) is 12.7. The van der Waals surface area contributed by atoms with Gasteiger partial charge in [-0.05, 0) is 24.3 Å². The highest BCUT2D eigenvalue weighted by atomic mass is 19.1. The molecule has 0 bridgehead atoms. The highest BCUT2D eigenvalue weighted by Gasteiger charge is 2.28. The van der Waals surface area contributed by atoms with E-state index in [4.69, 9.17) is 4.42 Å². The summed E-state index contributed by atoms with van der Waals surface area (Å²) in [5.41, 5.74) is 1.44. The number of nitriles is 1. The molecule has 0 unspecified atom stereocenters. The van der Waals surface area contributed by atoms with E-state index in [0.29, 0.717) is 11.1 Å². The highest BCUT2D eigenvalue weighted by Crippen LogP contribution is 2.24. The fourth-order valence-corrected chi connectivity index (χ4v) is 2.63. The summed E-state index contributed by atoms with van der Waals surface area (Å²) in [4.78, 5) is 16.9. The SMILES string of the molecule is N#C[C@@H](C(=O)c1cnn(-c2ccccc2F)c1)c1nc2ccccc2o1. The topological polar surface area (TPSA) is 84.7 Å². The Morgan fingerprint density at radius 1 is 1.19 bits per heavy atom. The standard InChI is InChI=1S/C19H11FN4O2/c20-14-5-1-3-7-16(14)24-11-12(10-22-24)18(25)13(9-21)19-23-15-6-2-4-8-17(15)26-19/h1-8,10-11,13H/t13-/m0/s1. The number of ketones is 1. The molecule has 2 heterocycles. The molecule has 6 nitrogen and oxygen atoms in total. The highest BCUT2D eigenvalue weighted by molar-refractivity contribution is 6.02. The summed E-state index contributed by atoms with van der Waals surface area (Å²) >= 11 is 0. The Kier molecular flexibility index (Phi) is 3.78. The van der Waals surface area contributed by atoms with Crippen molar-refractivity contribution in [2.45, 2.75) is 5.92 Å². The summed E-state index contributed by atoms with van der Waals surface area (Å²) in [6, 6.07) is 15.0. The Morgan fingerprint density at radius 3 is 2.73 bits per heavy atom. The average molecular weight is 346 g/mol. The van der Waals surface area contributed by atoms with Crippen LogP contribution in [0.2, 0.25) is 0 Å². The second-order valence-electron chi connectivity index (χ2n) is 5.57. The average Bonchev–Trinajstić information content (AvgIpc) is 3.29. The summed E-state index contributed by atoms with van der Waals surface area (Å²) in [7, 11) is 0. The lowest BCUT2D eigenvalue weighted by atomic mass is 10.0. The number of aromatic nitrogens is 3. The molecule has 2 aromatic heterocycles. The molecule has 0 spiro atoms. The van der Waals surface area contributed by atoms with Crippen LogP contribution in [0, 0.1) is 17.1 Å². The Hall–Kier alpha value is -3.79. The molecule has 0 amide bonds. The molecule has 0 aliphatic carbocycles. The van der Waals surface area contributed by atoms with E-state index in [1.165, 1.54) is 23.1 Å². The van der Waals surface area contributed by atoms with Gasteiger partial charge in [0.05, 0.1) is 17.8 Å². The summed E-state index contributed by atoms with van der Waals surface area (Å²) < 4.78 is 20.7. The van der Waals surface area contributed by atoms with Crippen LogP contribution in [0.25, 0.3) is 16.8 Å². The maximum absolute atomic E-state index is 13.9. The van der Waals surface area contributed by atoms with Crippen LogP contribution in [-0.2, 0) is 0 Å². The summed E-state index contributed by atoms with van der Waals surface area (Å²) in [5.74, 6) is -2.16. The van der Waals surface area contributed by atoms with E-state index in [2.05, 4.69) is 10.1 Å². The van der Waals surface area contributed by atoms with Crippen LogP contribution in [0.3, 0.4) is 0 Å². The fourth-order valence-electron chi connectivity index (χ4n) is 2.63. The zero-order valence-corrected chi connectivity index (χ0v) is 13.3. The lowest BCUT2D eigenvalue weighted by Crippen LogP contribution is -2.11. The van der Waals surface area contributed by atoms with Crippen molar-refractivity contribution in [3.8, 4) is 11.8 Å². The number of benzene rings is 2. The van der Waals surface area contributed by atoms with E-state index in [0.717, 1.165) is 0 Å². The maximum atomic E-state index is 13.9. The van der Waals surface area contributed by atoms with E-state index in [1.807, 2.05) is 6.07 Å². The molecule has 0 fully saturated rings. The number of nitrogens with zero attached hydrogens (tertiary/aromatic N) is 4. The van der Waals surface area contributed by atoms with Crippen LogP contribution in [0.1, 0.15) is 22.2 Å². The van der Waals surface area contributed by atoms with Gasteiger partial charge in [0, 0.05) is 6.20 Å². The molecule has 0 N–H and O–H groups in total. The van der Waals surface area contributed by atoms with Crippen molar-refractivity contribution in [1.82, 2.24) is 14.8 Å². The van der Waals surface area contributed by atoms with Crippen molar-refractivity contribution in [2.24, 2.45) is 0 Å². The van der Waals surface area contributed by atoms with Crippen LogP contribution in [0.5, 0.6) is 0 Å². The molecule has 0 aliphatic heterocycles. The van der Waals surface area contributed by atoms with Crippen molar-refractivity contribution in [2.75, 3.05) is 0 Å². The van der Waals surface area contributed by atoms with Crippen molar-refractivity contribution in [3.05, 3.63) is 78.2 Å². The Balaban J connectivity index is 1.68. The van der Waals surface area contributed by atoms with Crippen LogP contribution in [0.4, 0.5) is 4.39 Å². The number of Topliss-reactive ketones (excluding diaryl/α,β-unsaturated/α-hetero) is 1. The third-order valence-electron chi connectivity index (χ3n) is 3.92. The second-order valence-corrected chi connectivity index (χ2v) is 5.57. The quantitative estimate of drug-likeness (QED) is 0.527. The number of para-hydroxylation sites is 3. The van der Waals surface area contributed by atoms with Gasteiger partial charge in [0.1, 0.15) is 17.0 Å². The number of oxazole rings is 1. The van der Waals surface area contributed by atoms with E-state index >= 15 is 0 Å². The predicted octanol–water partition coefficient (Wildman–Crippen LogP) is 3.64. The summed E-state index contributed by atoms with van der Waals surface area (Å²) in [5, 5.41) is 13.5. The van der Waals surface area contributed by atoms with Crippen molar-refractivity contribution in [1.29, 1.82) is 5.26 Å². The number of carbonyl (C=O) groups excluding carboxylic acids is 1. The molecule has 26 heavy (non-hydrogen) atoms. The molecule has 1 atom stereocenters. The largest absolute Gasteiger partial charge is 0.439 e. The van der Waals surface area contributed by atoms with Gasteiger partial charge in [0.25, 0.3) is 0 Å². The van der Waals surface area contributed by atoms with Crippen molar-refractivity contribution < 1.29 is 13.6 Å². The van der Waals surface area contributed by atoms with Crippen molar-refractivity contribution in [3.63, 3.8) is 0 Å². The number of hydrogen-bond donors (Lipinski definition) is 0. The van der Waals surface area contributed by atoms with Gasteiger partial charge in [0.15, 0.2) is 17.3 Å². The van der Waals surface area contributed by atoms with Gasteiger partial charge in [-0.3, -0.25) is 4.79 Å². The third kappa shape index (κ3) is 2.63. The van der Waals surface area contributed by atoms with Gasteiger partial charge in [0.2, 0.25) is 5.89 Å². The second kappa shape index (κ2) is 6.26. The molecular formula is C19H11FN4O2. The van der Waals surface area contributed by atoms with Crippen LogP contribution in [0.15, 0.2) is 65.3 Å². The van der Waals surface area contributed by atoms with Crippen LogP contribution in [-0.4, -0.2) is 20.5 Å². The smallest absolute Gasteiger partial charge is 0.220 e. The predicted molar refractivity (Wildman–Crippen MR) is 90.2 cm³/mol.